The molecule has 0 bridgehead atoms. The monoisotopic (exact) mass is 224 g/mol. The van der Waals surface area contributed by atoms with Crippen LogP contribution in [0.25, 0.3) is 0 Å². The summed E-state index contributed by atoms with van der Waals surface area (Å²) in [5.41, 5.74) is 1.04. The van der Waals surface area contributed by atoms with Crippen LogP contribution in [-0.2, 0) is 6.54 Å². The Morgan fingerprint density at radius 1 is 1.47 bits per heavy atom. The predicted octanol–water partition coefficient (Wildman–Crippen LogP) is 1.49. The molecule has 2 N–H and O–H groups in total. The summed E-state index contributed by atoms with van der Waals surface area (Å²) in [6.07, 6.45) is 4.53. The summed E-state index contributed by atoms with van der Waals surface area (Å²) >= 11 is 1.58. The molecule has 0 unspecified atom stereocenters. The van der Waals surface area contributed by atoms with Crippen molar-refractivity contribution < 1.29 is 0 Å². The summed E-state index contributed by atoms with van der Waals surface area (Å²) in [6, 6.07) is 2.66. The highest BCUT2D eigenvalue weighted by Crippen LogP contribution is 2.24. The van der Waals surface area contributed by atoms with Gasteiger partial charge in [-0.2, -0.15) is 0 Å². The Balaban J connectivity index is 2.15. The smallest absolute Gasteiger partial charge is 0.189 e. The van der Waals surface area contributed by atoms with Crippen LogP contribution >= 0.6 is 11.8 Å². The molecular weight excluding hydrogens is 208 g/mol. The van der Waals surface area contributed by atoms with Crippen LogP contribution in [0.15, 0.2) is 11.2 Å². The van der Waals surface area contributed by atoms with Crippen LogP contribution in [0.5, 0.6) is 0 Å². The molecular formula is C10H16N4S. The minimum absolute atomic E-state index is 0.636. The number of hydrogen-bond donors (Lipinski definition) is 2. The molecule has 0 amide bonds. The average Bonchev–Trinajstić information content (AvgIpc) is 3.02. The van der Waals surface area contributed by atoms with E-state index in [0.717, 1.165) is 23.2 Å². The molecule has 5 heteroatoms. The van der Waals surface area contributed by atoms with Gasteiger partial charge < -0.3 is 10.6 Å². The maximum Gasteiger partial charge on any atom is 0.189 e. The molecule has 0 atom stereocenters. The standard InChI is InChI=1S/C10H16N4S/c1-11-6-8-5-9(12-7-3-4-7)14-10(13-8)15-2/h5,7,11H,3-4,6H2,1-2H3,(H,12,13,14). The third kappa shape index (κ3) is 3.07. The van der Waals surface area contributed by atoms with Gasteiger partial charge in [0.2, 0.25) is 0 Å². The second-order valence-electron chi connectivity index (χ2n) is 3.68. The minimum atomic E-state index is 0.636. The molecule has 4 nitrogen and oxygen atoms in total. The summed E-state index contributed by atoms with van der Waals surface area (Å²) in [4.78, 5) is 8.85. The van der Waals surface area contributed by atoms with Crippen molar-refractivity contribution in [2.24, 2.45) is 0 Å². The first-order valence-electron chi connectivity index (χ1n) is 5.15. The normalized spacial score (nSPS) is 15.3. The predicted molar refractivity (Wildman–Crippen MR) is 63.2 cm³/mol. The van der Waals surface area contributed by atoms with E-state index in [-0.39, 0.29) is 0 Å². The Morgan fingerprint density at radius 2 is 2.27 bits per heavy atom. The molecule has 0 radical (unpaired) electrons. The van der Waals surface area contributed by atoms with Crippen LogP contribution in [0.1, 0.15) is 18.5 Å². The second kappa shape index (κ2) is 4.81. The van der Waals surface area contributed by atoms with E-state index in [0.29, 0.717) is 6.04 Å². The molecule has 0 saturated heterocycles. The molecule has 1 aliphatic carbocycles. The molecule has 1 saturated carbocycles. The third-order valence-corrected chi connectivity index (χ3v) is 2.78. The maximum atomic E-state index is 4.43. The van der Waals surface area contributed by atoms with E-state index in [1.807, 2.05) is 19.4 Å². The Morgan fingerprint density at radius 3 is 2.87 bits per heavy atom. The van der Waals surface area contributed by atoms with Crippen LogP contribution in [0.3, 0.4) is 0 Å². The summed E-state index contributed by atoms with van der Waals surface area (Å²) in [7, 11) is 1.93. The Bertz CT molecular complexity index is 338. The summed E-state index contributed by atoms with van der Waals surface area (Å²) in [5.74, 6) is 0.960. The van der Waals surface area contributed by atoms with E-state index in [1.165, 1.54) is 12.8 Å². The van der Waals surface area contributed by atoms with E-state index >= 15 is 0 Å². The van der Waals surface area contributed by atoms with Crippen molar-refractivity contribution in [2.75, 3.05) is 18.6 Å². The highest BCUT2D eigenvalue weighted by atomic mass is 32.2. The van der Waals surface area contributed by atoms with Gasteiger partial charge in [0.1, 0.15) is 5.82 Å². The van der Waals surface area contributed by atoms with Crippen LogP contribution in [0.2, 0.25) is 0 Å². The summed E-state index contributed by atoms with van der Waals surface area (Å²) in [6.45, 7) is 0.787. The lowest BCUT2D eigenvalue weighted by molar-refractivity contribution is 0.763. The van der Waals surface area contributed by atoms with Crippen molar-refractivity contribution in [2.45, 2.75) is 30.6 Å². The number of rotatable bonds is 5. The largest absolute Gasteiger partial charge is 0.367 e. The van der Waals surface area contributed by atoms with Gasteiger partial charge in [0.25, 0.3) is 0 Å². The summed E-state index contributed by atoms with van der Waals surface area (Å²) < 4.78 is 0. The van der Waals surface area contributed by atoms with Crippen LogP contribution < -0.4 is 10.6 Å². The van der Waals surface area contributed by atoms with Crippen molar-refractivity contribution in [3.8, 4) is 0 Å². The lowest BCUT2D eigenvalue weighted by Gasteiger charge is -2.07. The molecule has 1 aromatic rings. The number of anilines is 1. The van der Waals surface area contributed by atoms with E-state index in [9.17, 15) is 0 Å². The molecule has 2 rings (SSSR count). The molecule has 1 aliphatic rings. The first kappa shape index (κ1) is 10.7. The number of aromatic nitrogens is 2. The molecule has 0 spiro atoms. The first-order chi connectivity index (χ1) is 7.31. The van der Waals surface area contributed by atoms with E-state index < -0.39 is 0 Å². The van der Waals surface area contributed by atoms with E-state index in [2.05, 4.69) is 20.6 Å². The van der Waals surface area contributed by atoms with Crippen LogP contribution in [-0.4, -0.2) is 29.3 Å². The van der Waals surface area contributed by atoms with Crippen molar-refractivity contribution in [1.82, 2.24) is 15.3 Å². The zero-order valence-electron chi connectivity index (χ0n) is 9.08. The Hall–Kier alpha value is -0.810. The fraction of sp³-hybridized carbons (Fsp3) is 0.600. The first-order valence-corrected chi connectivity index (χ1v) is 6.37. The van der Waals surface area contributed by atoms with Gasteiger partial charge in [0.15, 0.2) is 5.16 Å². The van der Waals surface area contributed by atoms with E-state index in [1.54, 1.807) is 11.8 Å². The topological polar surface area (TPSA) is 49.8 Å². The van der Waals surface area contributed by atoms with Crippen LogP contribution in [0, 0.1) is 0 Å². The van der Waals surface area contributed by atoms with Gasteiger partial charge in [-0.05, 0) is 26.1 Å². The molecule has 0 aliphatic heterocycles. The van der Waals surface area contributed by atoms with Crippen molar-refractivity contribution in [1.29, 1.82) is 0 Å². The lowest BCUT2D eigenvalue weighted by atomic mass is 10.4. The second-order valence-corrected chi connectivity index (χ2v) is 4.45. The fourth-order valence-electron chi connectivity index (χ4n) is 1.35. The maximum absolute atomic E-state index is 4.43. The van der Waals surface area contributed by atoms with Crippen molar-refractivity contribution >= 4 is 17.6 Å². The molecule has 0 aromatic carbocycles. The number of thioether (sulfide) groups is 1. The number of hydrogen-bond acceptors (Lipinski definition) is 5. The fourth-order valence-corrected chi connectivity index (χ4v) is 1.75. The van der Waals surface area contributed by atoms with Gasteiger partial charge in [0.05, 0.1) is 5.69 Å². The zero-order valence-corrected chi connectivity index (χ0v) is 9.90. The van der Waals surface area contributed by atoms with Crippen molar-refractivity contribution in [3.05, 3.63) is 11.8 Å². The van der Waals surface area contributed by atoms with Crippen molar-refractivity contribution in [3.63, 3.8) is 0 Å². The average molecular weight is 224 g/mol. The molecule has 1 heterocycles. The zero-order chi connectivity index (χ0) is 10.7. The van der Waals surface area contributed by atoms with Gasteiger partial charge >= 0.3 is 0 Å². The lowest BCUT2D eigenvalue weighted by Crippen LogP contribution is -2.10. The Kier molecular flexibility index (Phi) is 3.43. The minimum Gasteiger partial charge on any atom is -0.367 e. The molecule has 1 aromatic heterocycles. The van der Waals surface area contributed by atoms with Crippen LogP contribution in [0.4, 0.5) is 5.82 Å². The molecule has 1 fully saturated rings. The third-order valence-electron chi connectivity index (χ3n) is 2.23. The van der Waals surface area contributed by atoms with E-state index in [4.69, 9.17) is 0 Å². The highest BCUT2D eigenvalue weighted by Gasteiger charge is 2.21. The molecule has 15 heavy (non-hydrogen) atoms. The number of nitrogens with zero attached hydrogens (tertiary/aromatic N) is 2. The molecule has 82 valence electrons. The van der Waals surface area contributed by atoms with Gasteiger partial charge in [-0.1, -0.05) is 11.8 Å². The number of nitrogens with one attached hydrogen (secondary N) is 2. The Labute approximate surface area is 94.3 Å². The van der Waals surface area contributed by atoms with Gasteiger partial charge in [0, 0.05) is 18.7 Å². The highest BCUT2D eigenvalue weighted by molar-refractivity contribution is 7.98. The summed E-state index contributed by atoms with van der Waals surface area (Å²) in [5, 5.41) is 7.34. The van der Waals surface area contributed by atoms with Gasteiger partial charge in [-0.15, -0.1) is 0 Å². The van der Waals surface area contributed by atoms with Gasteiger partial charge in [-0.3, -0.25) is 0 Å². The SMILES string of the molecule is CNCc1cc(NC2CC2)nc(SC)n1. The quantitative estimate of drug-likeness (QED) is 0.586. The van der Waals surface area contributed by atoms with Gasteiger partial charge in [-0.25, -0.2) is 9.97 Å².